The number of hydrogen-bond acceptors (Lipinski definition) is 6. The molecule has 2 aromatic rings. The van der Waals surface area contributed by atoms with Gasteiger partial charge in [-0.1, -0.05) is 0 Å². The van der Waals surface area contributed by atoms with Crippen LogP contribution in [0.5, 0.6) is 0 Å². The largest absolute Gasteiger partial charge is 0.364 e. The molecule has 1 aromatic carbocycles. The van der Waals surface area contributed by atoms with Crippen molar-refractivity contribution in [3.8, 4) is 0 Å². The smallest absolute Gasteiger partial charge is 0.267 e. The van der Waals surface area contributed by atoms with Gasteiger partial charge in [0.1, 0.15) is 17.3 Å². The predicted octanol–water partition coefficient (Wildman–Crippen LogP) is 2.28. The number of rotatable bonds is 4. The minimum absolute atomic E-state index is 0.110. The lowest BCUT2D eigenvalue weighted by Gasteiger charge is -2.26. The summed E-state index contributed by atoms with van der Waals surface area (Å²) in [5.41, 5.74) is 5.89. The van der Waals surface area contributed by atoms with Crippen LogP contribution in [0, 0.1) is 29.4 Å². The Kier molecular flexibility index (Phi) is 5.07. The Morgan fingerprint density at radius 1 is 1.06 bits per heavy atom. The van der Waals surface area contributed by atoms with E-state index in [0.29, 0.717) is 55.7 Å². The Bertz CT molecular complexity index is 1080. The zero-order chi connectivity index (χ0) is 22.4. The van der Waals surface area contributed by atoms with E-state index >= 15 is 0 Å². The fraction of sp³-hybridized carbons (Fsp3) is 0.409. The molecule has 1 aliphatic carbocycles. The third kappa shape index (κ3) is 3.69. The highest BCUT2D eigenvalue weighted by molar-refractivity contribution is 5.90. The van der Waals surface area contributed by atoms with Gasteiger partial charge in [-0.3, -0.25) is 9.59 Å². The Hall–Kier alpha value is -3.43. The average Bonchev–Trinajstić information content (AvgIpc) is 3.47. The number of halogens is 2. The molecule has 32 heavy (non-hydrogen) atoms. The molecule has 1 saturated carbocycles. The molecule has 1 saturated heterocycles. The van der Waals surface area contributed by atoms with E-state index in [-0.39, 0.29) is 17.5 Å². The summed E-state index contributed by atoms with van der Waals surface area (Å²) in [6, 6.07) is 4.32. The summed E-state index contributed by atoms with van der Waals surface area (Å²) in [7, 11) is 0. The van der Waals surface area contributed by atoms with Gasteiger partial charge in [0.05, 0.1) is 6.04 Å². The highest BCUT2D eigenvalue weighted by Gasteiger charge is 2.46. The summed E-state index contributed by atoms with van der Waals surface area (Å²) in [4.78, 5) is 35.2. The third-order valence-electron chi connectivity index (χ3n) is 6.60. The van der Waals surface area contributed by atoms with E-state index < -0.39 is 23.6 Å². The van der Waals surface area contributed by atoms with Gasteiger partial charge in [0.25, 0.3) is 5.91 Å². The molecule has 2 amide bonds. The minimum Gasteiger partial charge on any atom is -0.364 e. The van der Waals surface area contributed by atoms with E-state index in [1.807, 2.05) is 4.90 Å². The molecular weight excluding hydrogens is 418 g/mol. The van der Waals surface area contributed by atoms with Gasteiger partial charge >= 0.3 is 0 Å². The van der Waals surface area contributed by atoms with Crippen LogP contribution in [0.2, 0.25) is 0 Å². The molecule has 10 heteroatoms. The third-order valence-corrected chi connectivity index (χ3v) is 6.60. The highest BCUT2D eigenvalue weighted by atomic mass is 19.1. The number of nitrogens with zero attached hydrogens (tertiary/aromatic N) is 5. The van der Waals surface area contributed by atoms with Crippen LogP contribution in [0.1, 0.15) is 41.4 Å². The molecule has 2 fully saturated rings. The van der Waals surface area contributed by atoms with Crippen molar-refractivity contribution >= 4 is 24.0 Å². The van der Waals surface area contributed by atoms with Crippen molar-refractivity contribution in [2.24, 2.45) is 28.6 Å². The van der Waals surface area contributed by atoms with Gasteiger partial charge in [-0.05, 0) is 48.4 Å². The Morgan fingerprint density at radius 3 is 2.41 bits per heavy atom. The molecule has 2 aliphatic heterocycles. The number of carbonyl (C=O) groups excluding carboxylic acids is 2. The molecule has 3 aliphatic rings. The first-order valence-electron chi connectivity index (χ1n) is 10.6. The maximum atomic E-state index is 13.7. The molecule has 3 heterocycles. The quantitative estimate of drug-likeness (QED) is 0.785. The van der Waals surface area contributed by atoms with Crippen LogP contribution in [0.3, 0.4) is 0 Å². The van der Waals surface area contributed by atoms with Crippen molar-refractivity contribution < 1.29 is 18.4 Å². The number of nitrogens with two attached hydrogens (primary N) is 1. The Labute approximate surface area is 183 Å². The molecule has 8 nitrogen and oxygen atoms in total. The molecule has 2 unspecified atom stereocenters. The zero-order valence-corrected chi connectivity index (χ0v) is 17.2. The van der Waals surface area contributed by atoms with E-state index in [2.05, 4.69) is 15.1 Å². The SMILES string of the molecule is NC(=O)c1ccnc(N2CC3CC(C(=O)N4N=CC[C@H]4c4cc(F)cc(F)c4)CC3C2)n1. The normalized spacial score (nSPS) is 26.6. The second kappa shape index (κ2) is 7.92. The van der Waals surface area contributed by atoms with Crippen LogP contribution in [0.15, 0.2) is 35.6 Å². The first-order chi connectivity index (χ1) is 15.4. The summed E-state index contributed by atoms with van der Waals surface area (Å²) in [5, 5.41) is 5.61. The fourth-order valence-electron chi connectivity index (χ4n) is 5.16. The monoisotopic (exact) mass is 440 g/mol. The van der Waals surface area contributed by atoms with Gasteiger partial charge in [0.15, 0.2) is 0 Å². The van der Waals surface area contributed by atoms with E-state index in [1.165, 1.54) is 29.4 Å². The van der Waals surface area contributed by atoms with Crippen LogP contribution in [0.25, 0.3) is 0 Å². The lowest BCUT2D eigenvalue weighted by molar-refractivity contribution is -0.137. The van der Waals surface area contributed by atoms with Gasteiger partial charge < -0.3 is 10.6 Å². The Balaban J connectivity index is 1.26. The van der Waals surface area contributed by atoms with E-state index in [4.69, 9.17) is 5.73 Å². The predicted molar refractivity (Wildman–Crippen MR) is 112 cm³/mol. The van der Waals surface area contributed by atoms with Crippen molar-refractivity contribution in [2.75, 3.05) is 18.0 Å². The summed E-state index contributed by atoms with van der Waals surface area (Å²) in [6.45, 7) is 1.39. The first kappa shape index (κ1) is 20.5. The van der Waals surface area contributed by atoms with Gasteiger partial charge in [-0.25, -0.2) is 23.8 Å². The number of aromatic nitrogens is 2. The Morgan fingerprint density at radius 2 is 1.75 bits per heavy atom. The standard InChI is InChI=1S/C22H22F2N6O2/c23-16-7-12(8-17(24)9-16)19-2-4-27-30(19)21(32)13-5-14-10-29(11-15(14)6-13)22-26-3-1-18(28-22)20(25)31/h1,3-4,7-9,13-15,19H,2,5-6,10-11H2,(H2,25,31)/t13?,14?,15?,19-/m0/s1. The maximum absolute atomic E-state index is 13.7. The lowest BCUT2D eigenvalue weighted by Crippen LogP contribution is -2.33. The van der Waals surface area contributed by atoms with Crippen LogP contribution in [-0.2, 0) is 4.79 Å². The number of hydrazone groups is 1. The molecule has 0 radical (unpaired) electrons. The van der Waals surface area contributed by atoms with Crippen LogP contribution in [0.4, 0.5) is 14.7 Å². The van der Waals surface area contributed by atoms with Crippen molar-refractivity contribution in [2.45, 2.75) is 25.3 Å². The molecule has 3 atom stereocenters. The number of carbonyl (C=O) groups is 2. The molecular formula is C22H22F2N6O2. The summed E-state index contributed by atoms with van der Waals surface area (Å²) < 4.78 is 27.4. The second-order valence-electron chi connectivity index (χ2n) is 8.63. The molecule has 5 rings (SSSR count). The number of amides is 2. The van der Waals surface area contributed by atoms with Gasteiger partial charge in [-0.15, -0.1) is 0 Å². The zero-order valence-electron chi connectivity index (χ0n) is 17.2. The molecule has 0 spiro atoms. The highest BCUT2D eigenvalue weighted by Crippen LogP contribution is 2.44. The summed E-state index contributed by atoms with van der Waals surface area (Å²) in [6.07, 6.45) is 4.96. The van der Waals surface area contributed by atoms with Crippen molar-refractivity contribution in [1.82, 2.24) is 15.0 Å². The molecule has 166 valence electrons. The van der Waals surface area contributed by atoms with Crippen LogP contribution in [-0.4, -0.2) is 46.1 Å². The first-order valence-corrected chi connectivity index (χ1v) is 10.6. The number of anilines is 1. The molecule has 2 N–H and O–H groups in total. The number of hydrogen-bond donors (Lipinski definition) is 1. The van der Waals surface area contributed by atoms with Crippen molar-refractivity contribution in [3.05, 3.63) is 53.4 Å². The second-order valence-corrected chi connectivity index (χ2v) is 8.63. The van der Waals surface area contributed by atoms with E-state index in [0.717, 1.165) is 6.07 Å². The number of benzene rings is 1. The van der Waals surface area contributed by atoms with Gasteiger partial charge in [0, 0.05) is 43.9 Å². The van der Waals surface area contributed by atoms with Crippen LogP contribution < -0.4 is 10.6 Å². The minimum atomic E-state index is -0.669. The molecule has 1 aromatic heterocycles. The van der Waals surface area contributed by atoms with Crippen LogP contribution >= 0.6 is 0 Å². The van der Waals surface area contributed by atoms with E-state index in [1.54, 1.807) is 6.21 Å². The van der Waals surface area contributed by atoms with Gasteiger partial charge in [-0.2, -0.15) is 5.10 Å². The van der Waals surface area contributed by atoms with Crippen molar-refractivity contribution in [3.63, 3.8) is 0 Å². The number of fused-ring (bicyclic) bond motifs is 1. The summed E-state index contributed by atoms with van der Waals surface area (Å²) in [5.74, 6) is -1.19. The molecule has 0 bridgehead atoms. The lowest BCUT2D eigenvalue weighted by atomic mass is 10.0. The summed E-state index contributed by atoms with van der Waals surface area (Å²) >= 11 is 0. The number of primary amides is 1. The average molecular weight is 440 g/mol. The van der Waals surface area contributed by atoms with Gasteiger partial charge in [0.2, 0.25) is 11.9 Å². The van der Waals surface area contributed by atoms with E-state index in [9.17, 15) is 18.4 Å². The maximum Gasteiger partial charge on any atom is 0.267 e. The van der Waals surface area contributed by atoms with Crippen molar-refractivity contribution in [1.29, 1.82) is 0 Å². The topological polar surface area (TPSA) is 105 Å². The fourth-order valence-corrected chi connectivity index (χ4v) is 5.16.